The van der Waals surface area contributed by atoms with Crippen molar-refractivity contribution < 1.29 is 9.90 Å². The topological polar surface area (TPSA) is 40.5 Å². The van der Waals surface area contributed by atoms with Crippen LogP contribution in [0.25, 0.3) is 0 Å². The van der Waals surface area contributed by atoms with E-state index in [4.69, 9.17) is 0 Å². The highest BCUT2D eigenvalue weighted by molar-refractivity contribution is 5.77. The average molecular weight is 319 g/mol. The fraction of sp³-hybridized carbons (Fsp3) is 0.950. The lowest BCUT2D eigenvalue weighted by molar-refractivity contribution is -0.161. The Morgan fingerprint density at radius 2 is 1.87 bits per heavy atom. The Morgan fingerprint density at radius 1 is 1.13 bits per heavy atom. The molecule has 1 aliphatic heterocycles. The molecule has 1 N–H and O–H groups in total. The first kappa shape index (κ1) is 15.9. The van der Waals surface area contributed by atoms with E-state index in [1.54, 1.807) is 0 Å². The number of aliphatic hydroxyl groups excluding tert-OH is 1. The molecule has 3 saturated carbocycles. The summed E-state index contributed by atoms with van der Waals surface area (Å²) < 4.78 is 0. The summed E-state index contributed by atoms with van der Waals surface area (Å²) in [5.41, 5.74) is 0.431. The molecule has 0 bridgehead atoms. The number of nitrogens with zero attached hydrogens (tertiary/aromatic N) is 1. The minimum Gasteiger partial charge on any atom is -0.393 e. The molecule has 0 aromatic heterocycles. The summed E-state index contributed by atoms with van der Waals surface area (Å²) in [7, 11) is 2.03. The molecule has 130 valence electrons. The second-order valence-electron chi connectivity index (χ2n) is 9.67. The summed E-state index contributed by atoms with van der Waals surface area (Å²) in [6.07, 6.45) is 7.51. The van der Waals surface area contributed by atoms with Gasteiger partial charge in [0.15, 0.2) is 0 Å². The molecular formula is C20H33NO2. The van der Waals surface area contributed by atoms with Crippen molar-refractivity contribution in [1.29, 1.82) is 0 Å². The zero-order valence-electron chi connectivity index (χ0n) is 15.2. The van der Waals surface area contributed by atoms with Crippen LogP contribution in [0, 0.1) is 34.5 Å². The molecule has 4 rings (SSSR count). The van der Waals surface area contributed by atoms with Gasteiger partial charge in [-0.3, -0.25) is 4.79 Å². The normalized spacial score (nSPS) is 56.0. The predicted octanol–water partition coefficient (Wildman–Crippen LogP) is 3.46. The molecule has 3 aliphatic carbocycles. The summed E-state index contributed by atoms with van der Waals surface area (Å²) in [5.74, 6) is 3.16. The van der Waals surface area contributed by atoms with E-state index in [2.05, 4.69) is 25.7 Å². The van der Waals surface area contributed by atoms with Gasteiger partial charge < -0.3 is 10.0 Å². The van der Waals surface area contributed by atoms with E-state index < -0.39 is 0 Å². The van der Waals surface area contributed by atoms with Crippen LogP contribution in [0.1, 0.15) is 65.7 Å². The van der Waals surface area contributed by atoms with E-state index in [1.807, 2.05) is 7.05 Å². The molecule has 0 aromatic carbocycles. The molecule has 4 fully saturated rings. The van der Waals surface area contributed by atoms with Crippen LogP contribution in [-0.2, 0) is 4.79 Å². The standard InChI is InChI=1S/C20H33NO2/c1-12-11-16(22)20(3)9-7-14-13(18(12)20)5-6-15-19(14,2)10-8-17(23)21(15)4/h12-16,18,22H,5-11H2,1-4H3/t12-,13+,14-,15+,16-,18-,19+,20+/m0/s1. The molecule has 1 heterocycles. The lowest BCUT2D eigenvalue weighted by atomic mass is 9.46. The number of carbonyl (C=O) groups excluding carboxylic acids is 1. The number of rotatable bonds is 0. The molecule has 3 heteroatoms. The molecule has 8 atom stereocenters. The number of hydrogen-bond donors (Lipinski definition) is 1. The minimum atomic E-state index is -0.107. The van der Waals surface area contributed by atoms with Crippen molar-refractivity contribution >= 4 is 5.91 Å². The van der Waals surface area contributed by atoms with Crippen molar-refractivity contribution in [2.75, 3.05) is 7.05 Å². The number of piperidine rings is 1. The zero-order valence-corrected chi connectivity index (χ0v) is 15.2. The van der Waals surface area contributed by atoms with Crippen LogP contribution < -0.4 is 0 Å². The van der Waals surface area contributed by atoms with Gasteiger partial charge in [0, 0.05) is 19.5 Å². The molecule has 1 saturated heterocycles. The first-order valence-corrected chi connectivity index (χ1v) is 9.73. The Labute approximate surface area is 140 Å². The quantitative estimate of drug-likeness (QED) is 0.743. The Hall–Kier alpha value is -0.570. The van der Waals surface area contributed by atoms with Gasteiger partial charge in [0.1, 0.15) is 0 Å². The van der Waals surface area contributed by atoms with Crippen molar-refractivity contribution in [3.05, 3.63) is 0 Å². The fourth-order valence-electron chi connectivity index (χ4n) is 7.66. The third-order valence-electron chi connectivity index (χ3n) is 8.82. The third-order valence-corrected chi connectivity index (χ3v) is 8.82. The predicted molar refractivity (Wildman–Crippen MR) is 90.7 cm³/mol. The zero-order chi connectivity index (χ0) is 16.6. The van der Waals surface area contributed by atoms with E-state index in [-0.39, 0.29) is 11.5 Å². The Morgan fingerprint density at radius 3 is 2.61 bits per heavy atom. The Bertz CT molecular complexity index is 520. The van der Waals surface area contributed by atoms with Crippen molar-refractivity contribution in [1.82, 2.24) is 4.90 Å². The van der Waals surface area contributed by atoms with E-state index in [0.717, 1.165) is 37.5 Å². The Balaban J connectivity index is 1.68. The molecule has 3 nitrogen and oxygen atoms in total. The van der Waals surface area contributed by atoms with Gasteiger partial charge in [0.25, 0.3) is 0 Å². The average Bonchev–Trinajstić information content (AvgIpc) is 2.73. The smallest absolute Gasteiger partial charge is 0.222 e. The summed E-state index contributed by atoms with van der Waals surface area (Å²) in [4.78, 5) is 14.2. The maximum Gasteiger partial charge on any atom is 0.222 e. The van der Waals surface area contributed by atoms with Gasteiger partial charge in [-0.05, 0) is 73.0 Å². The molecule has 0 spiro atoms. The second-order valence-corrected chi connectivity index (χ2v) is 9.67. The molecule has 0 unspecified atom stereocenters. The van der Waals surface area contributed by atoms with Gasteiger partial charge in [-0.1, -0.05) is 20.8 Å². The summed E-state index contributed by atoms with van der Waals surface area (Å²) in [6.45, 7) is 7.19. The lowest BCUT2D eigenvalue weighted by Crippen LogP contribution is -2.61. The van der Waals surface area contributed by atoms with Gasteiger partial charge in [-0.25, -0.2) is 0 Å². The van der Waals surface area contributed by atoms with Crippen LogP contribution in [0.4, 0.5) is 0 Å². The number of likely N-dealkylation sites (tertiary alicyclic amines) is 1. The summed E-state index contributed by atoms with van der Waals surface area (Å²) in [5, 5.41) is 10.7. The molecule has 23 heavy (non-hydrogen) atoms. The van der Waals surface area contributed by atoms with Crippen LogP contribution in [-0.4, -0.2) is 35.1 Å². The van der Waals surface area contributed by atoms with Crippen molar-refractivity contribution in [3.8, 4) is 0 Å². The van der Waals surface area contributed by atoms with E-state index in [0.29, 0.717) is 29.2 Å². The molecule has 1 amide bonds. The SMILES string of the molecule is C[C@H]1C[C@H](O)[C@@]2(C)CC[C@H]3[C@@H](CC[C@H]4N(C)C(=O)CC[C@]34C)[C@H]12. The number of fused-ring (bicyclic) bond motifs is 5. The van der Waals surface area contributed by atoms with Crippen molar-refractivity contribution in [2.24, 2.45) is 34.5 Å². The van der Waals surface area contributed by atoms with Gasteiger partial charge in [-0.15, -0.1) is 0 Å². The summed E-state index contributed by atoms with van der Waals surface area (Å²) >= 11 is 0. The first-order chi connectivity index (χ1) is 10.8. The largest absolute Gasteiger partial charge is 0.393 e. The van der Waals surface area contributed by atoms with E-state index in [9.17, 15) is 9.90 Å². The maximum atomic E-state index is 12.2. The Kier molecular flexibility index (Phi) is 3.44. The molecule has 4 aliphatic rings. The number of amides is 1. The highest BCUT2D eigenvalue weighted by Gasteiger charge is 2.62. The first-order valence-electron chi connectivity index (χ1n) is 9.73. The van der Waals surface area contributed by atoms with E-state index in [1.165, 1.54) is 19.3 Å². The highest BCUT2D eigenvalue weighted by atomic mass is 16.3. The van der Waals surface area contributed by atoms with E-state index >= 15 is 0 Å². The number of hydrogen-bond acceptors (Lipinski definition) is 2. The summed E-state index contributed by atoms with van der Waals surface area (Å²) in [6, 6.07) is 0.441. The van der Waals surface area contributed by atoms with Crippen LogP contribution >= 0.6 is 0 Å². The van der Waals surface area contributed by atoms with Gasteiger partial charge in [0.2, 0.25) is 5.91 Å². The van der Waals surface area contributed by atoms with Gasteiger partial charge in [0.05, 0.1) is 6.10 Å². The fourth-order valence-corrected chi connectivity index (χ4v) is 7.66. The maximum absolute atomic E-state index is 12.2. The molecule has 0 radical (unpaired) electrons. The third kappa shape index (κ3) is 1.95. The van der Waals surface area contributed by atoms with Crippen molar-refractivity contribution in [3.63, 3.8) is 0 Å². The molecular weight excluding hydrogens is 286 g/mol. The van der Waals surface area contributed by atoms with Crippen LogP contribution in [0.15, 0.2) is 0 Å². The monoisotopic (exact) mass is 319 g/mol. The second kappa shape index (κ2) is 4.97. The van der Waals surface area contributed by atoms with Gasteiger partial charge >= 0.3 is 0 Å². The van der Waals surface area contributed by atoms with Crippen LogP contribution in [0.5, 0.6) is 0 Å². The number of aliphatic hydroxyl groups is 1. The highest BCUT2D eigenvalue weighted by Crippen LogP contribution is 2.65. The lowest BCUT2D eigenvalue weighted by Gasteiger charge is -2.62. The van der Waals surface area contributed by atoms with Gasteiger partial charge in [-0.2, -0.15) is 0 Å². The minimum absolute atomic E-state index is 0.107. The van der Waals surface area contributed by atoms with Crippen molar-refractivity contribution in [2.45, 2.75) is 77.9 Å². The van der Waals surface area contributed by atoms with Crippen LogP contribution in [0.3, 0.4) is 0 Å². The molecule has 0 aromatic rings. The van der Waals surface area contributed by atoms with Crippen LogP contribution in [0.2, 0.25) is 0 Å². The number of carbonyl (C=O) groups is 1.